The molecule has 0 aliphatic rings. The fraction of sp³-hybridized carbons (Fsp3) is 0.462. The molecular weight excluding hydrogens is 188 g/mol. The molecule has 0 saturated heterocycles. The van der Waals surface area contributed by atoms with Crippen LogP contribution in [-0.4, -0.2) is 5.97 Å². The summed E-state index contributed by atoms with van der Waals surface area (Å²) in [5.41, 5.74) is 0.855. The molecule has 0 aliphatic heterocycles. The highest BCUT2D eigenvalue weighted by atomic mass is 16.4. The topological polar surface area (TPSA) is 37.0 Å². The number of carbonyl (C=O) groups excluding carboxylic acids is 1. The molecular formula is C13H17O2. The normalized spacial score (nSPS) is 12.3. The molecule has 81 valence electrons. The van der Waals surface area contributed by atoms with Crippen molar-refractivity contribution in [3.05, 3.63) is 35.9 Å². The molecule has 0 spiro atoms. The van der Waals surface area contributed by atoms with Crippen LogP contribution in [0.25, 0.3) is 0 Å². The van der Waals surface area contributed by atoms with Crippen LogP contribution in [0.4, 0.5) is 0 Å². The van der Waals surface area contributed by atoms with E-state index in [1.54, 1.807) is 0 Å². The summed E-state index contributed by atoms with van der Waals surface area (Å²) in [4.78, 5) is 11.0. The van der Waals surface area contributed by atoms with Crippen LogP contribution >= 0.6 is 0 Å². The van der Waals surface area contributed by atoms with E-state index in [1.807, 2.05) is 30.3 Å². The van der Waals surface area contributed by atoms with E-state index in [0.29, 0.717) is 6.42 Å². The van der Waals surface area contributed by atoms with Crippen LogP contribution in [0.3, 0.4) is 0 Å². The van der Waals surface area contributed by atoms with Crippen molar-refractivity contribution in [2.75, 3.05) is 0 Å². The molecule has 1 unspecified atom stereocenters. The molecule has 2 heteroatoms. The van der Waals surface area contributed by atoms with Gasteiger partial charge in [0.2, 0.25) is 0 Å². The number of hydrogen-bond donors (Lipinski definition) is 0. The van der Waals surface area contributed by atoms with Gasteiger partial charge in [-0.1, -0.05) is 56.5 Å². The molecule has 1 radical (unpaired) electrons. The minimum atomic E-state index is -0.961. The van der Waals surface area contributed by atoms with Crippen LogP contribution in [0.5, 0.6) is 0 Å². The predicted molar refractivity (Wildman–Crippen MR) is 59.0 cm³/mol. The van der Waals surface area contributed by atoms with E-state index in [4.69, 9.17) is 0 Å². The number of carbonyl (C=O) groups is 1. The Kier molecular flexibility index (Phi) is 4.88. The van der Waals surface area contributed by atoms with E-state index in [9.17, 15) is 9.90 Å². The zero-order valence-corrected chi connectivity index (χ0v) is 9.11. The smallest absolute Gasteiger partial charge is 0.247 e. The molecule has 1 atom stereocenters. The quantitative estimate of drug-likeness (QED) is 0.656. The van der Waals surface area contributed by atoms with Crippen LogP contribution in [-0.2, 0) is 9.90 Å². The lowest BCUT2D eigenvalue weighted by Crippen LogP contribution is -2.10. The van der Waals surface area contributed by atoms with E-state index >= 15 is 0 Å². The molecule has 0 N–H and O–H groups in total. The van der Waals surface area contributed by atoms with E-state index in [2.05, 4.69) is 6.92 Å². The monoisotopic (exact) mass is 205 g/mol. The number of unbranched alkanes of at least 4 members (excludes halogenated alkanes) is 2. The SMILES string of the molecule is CCCCCC(C([O])=O)c1ccccc1. The lowest BCUT2D eigenvalue weighted by atomic mass is 9.93. The highest BCUT2D eigenvalue weighted by Gasteiger charge is 2.20. The van der Waals surface area contributed by atoms with Crippen molar-refractivity contribution in [3.8, 4) is 0 Å². The molecule has 1 aromatic carbocycles. The van der Waals surface area contributed by atoms with Gasteiger partial charge in [-0.25, -0.2) is 9.90 Å². The van der Waals surface area contributed by atoms with E-state index in [-0.39, 0.29) is 0 Å². The zero-order valence-electron chi connectivity index (χ0n) is 9.11. The first kappa shape index (κ1) is 11.8. The van der Waals surface area contributed by atoms with Gasteiger partial charge in [0.05, 0.1) is 5.92 Å². The summed E-state index contributed by atoms with van der Waals surface area (Å²) in [7, 11) is 0. The number of rotatable bonds is 6. The Morgan fingerprint density at radius 2 is 1.87 bits per heavy atom. The van der Waals surface area contributed by atoms with Gasteiger partial charge in [-0.05, 0) is 12.0 Å². The minimum Gasteiger partial charge on any atom is -0.247 e. The van der Waals surface area contributed by atoms with Gasteiger partial charge in [-0.2, -0.15) is 0 Å². The van der Waals surface area contributed by atoms with Gasteiger partial charge >= 0.3 is 5.97 Å². The molecule has 0 heterocycles. The fourth-order valence-corrected chi connectivity index (χ4v) is 1.70. The van der Waals surface area contributed by atoms with Crippen molar-refractivity contribution < 1.29 is 9.90 Å². The fourth-order valence-electron chi connectivity index (χ4n) is 1.70. The van der Waals surface area contributed by atoms with Crippen LogP contribution < -0.4 is 0 Å². The molecule has 15 heavy (non-hydrogen) atoms. The molecule has 2 nitrogen and oxygen atoms in total. The third kappa shape index (κ3) is 3.74. The number of benzene rings is 1. The van der Waals surface area contributed by atoms with Crippen LogP contribution in [0, 0.1) is 0 Å². The van der Waals surface area contributed by atoms with Crippen molar-refractivity contribution in [2.24, 2.45) is 0 Å². The molecule has 1 aromatic rings. The summed E-state index contributed by atoms with van der Waals surface area (Å²) >= 11 is 0. The minimum absolute atomic E-state index is 0.447. The third-order valence-corrected chi connectivity index (χ3v) is 2.58. The lowest BCUT2D eigenvalue weighted by molar-refractivity contribution is -0.145. The van der Waals surface area contributed by atoms with Gasteiger partial charge < -0.3 is 0 Å². The molecule has 1 rings (SSSR count). The van der Waals surface area contributed by atoms with Gasteiger partial charge in [0.25, 0.3) is 0 Å². The summed E-state index contributed by atoms with van der Waals surface area (Å²) in [6.45, 7) is 2.11. The lowest BCUT2D eigenvalue weighted by Gasteiger charge is -2.10. The summed E-state index contributed by atoms with van der Waals surface area (Å²) in [5.74, 6) is -1.41. The van der Waals surface area contributed by atoms with Gasteiger partial charge in [0.1, 0.15) is 0 Å². The average Bonchev–Trinajstić information content (AvgIpc) is 2.25. The van der Waals surface area contributed by atoms with Crippen LogP contribution in [0.15, 0.2) is 30.3 Å². The molecule has 0 fully saturated rings. The molecule has 0 aromatic heterocycles. The zero-order chi connectivity index (χ0) is 11.1. The standard InChI is InChI=1S/C13H17O2/c1-2-3-5-10-12(13(14)15)11-8-6-4-7-9-11/h4,6-9,12H,2-3,5,10H2,1H3. The Balaban J connectivity index is 2.62. The third-order valence-electron chi connectivity index (χ3n) is 2.58. The second-order valence-corrected chi connectivity index (χ2v) is 3.78. The summed E-state index contributed by atoms with van der Waals surface area (Å²) in [5, 5.41) is 11.0. The Morgan fingerprint density at radius 1 is 1.20 bits per heavy atom. The Morgan fingerprint density at radius 3 is 2.40 bits per heavy atom. The first-order valence-electron chi connectivity index (χ1n) is 5.51. The van der Waals surface area contributed by atoms with E-state index in [1.165, 1.54) is 0 Å². The van der Waals surface area contributed by atoms with E-state index < -0.39 is 11.9 Å². The number of hydrogen-bond acceptors (Lipinski definition) is 1. The molecule has 0 aliphatic carbocycles. The molecule has 0 saturated carbocycles. The maximum Gasteiger partial charge on any atom is 0.362 e. The largest absolute Gasteiger partial charge is 0.362 e. The van der Waals surface area contributed by atoms with Crippen molar-refractivity contribution in [2.45, 2.75) is 38.5 Å². The van der Waals surface area contributed by atoms with Crippen molar-refractivity contribution in [1.82, 2.24) is 0 Å². The second-order valence-electron chi connectivity index (χ2n) is 3.78. The highest BCUT2D eigenvalue weighted by molar-refractivity contribution is 5.75. The average molecular weight is 205 g/mol. The molecule has 0 bridgehead atoms. The molecule has 0 amide bonds. The van der Waals surface area contributed by atoms with Gasteiger partial charge in [0.15, 0.2) is 0 Å². The van der Waals surface area contributed by atoms with Crippen LogP contribution in [0.1, 0.15) is 44.1 Å². The Bertz CT molecular complexity index is 293. The Labute approximate surface area is 90.9 Å². The van der Waals surface area contributed by atoms with Gasteiger partial charge in [-0.3, -0.25) is 0 Å². The van der Waals surface area contributed by atoms with Gasteiger partial charge in [-0.15, -0.1) is 0 Å². The first-order chi connectivity index (χ1) is 7.25. The van der Waals surface area contributed by atoms with Crippen molar-refractivity contribution >= 4 is 5.97 Å². The maximum absolute atomic E-state index is 11.0. The maximum atomic E-state index is 11.0. The predicted octanol–water partition coefficient (Wildman–Crippen LogP) is 3.31. The van der Waals surface area contributed by atoms with Crippen molar-refractivity contribution in [1.29, 1.82) is 0 Å². The highest BCUT2D eigenvalue weighted by Crippen LogP contribution is 2.22. The van der Waals surface area contributed by atoms with Crippen molar-refractivity contribution in [3.63, 3.8) is 0 Å². The second kappa shape index (κ2) is 6.23. The summed E-state index contributed by atoms with van der Waals surface area (Å²) in [6.07, 6.45) is 3.81. The Hall–Kier alpha value is -1.31. The first-order valence-corrected chi connectivity index (χ1v) is 5.51. The van der Waals surface area contributed by atoms with E-state index in [0.717, 1.165) is 24.8 Å². The summed E-state index contributed by atoms with van der Waals surface area (Å²) < 4.78 is 0. The van der Waals surface area contributed by atoms with Crippen LogP contribution in [0.2, 0.25) is 0 Å². The van der Waals surface area contributed by atoms with Gasteiger partial charge in [0, 0.05) is 0 Å². The summed E-state index contributed by atoms with van der Waals surface area (Å²) in [6, 6.07) is 9.33.